The van der Waals surface area contributed by atoms with E-state index in [2.05, 4.69) is 15.9 Å². The lowest BCUT2D eigenvalue weighted by molar-refractivity contribution is 0.300. The Morgan fingerprint density at radius 2 is 2.23 bits per heavy atom. The minimum absolute atomic E-state index is 0.676. The first-order chi connectivity index (χ1) is 6.25. The summed E-state index contributed by atoms with van der Waals surface area (Å²) in [7, 11) is 0. The van der Waals surface area contributed by atoms with E-state index in [0.29, 0.717) is 5.02 Å². The average Bonchev–Trinajstić information content (AvgIpc) is 2.86. The Morgan fingerprint density at radius 1 is 1.46 bits per heavy atom. The molecule has 1 nitrogen and oxygen atoms in total. The van der Waals surface area contributed by atoms with E-state index >= 15 is 0 Å². The summed E-state index contributed by atoms with van der Waals surface area (Å²) >= 11 is 9.33. The molecule has 0 saturated heterocycles. The summed E-state index contributed by atoms with van der Waals surface area (Å²) in [6.07, 6.45) is 2.60. The molecule has 0 radical (unpaired) electrons. The zero-order valence-corrected chi connectivity index (χ0v) is 9.44. The average molecular weight is 262 g/mol. The van der Waals surface area contributed by atoms with Gasteiger partial charge in [0.15, 0.2) is 0 Å². The molecular formula is C10H10BrClO. The first kappa shape index (κ1) is 9.35. The number of hydrogen-bond acceptors (Lipinski definition) is 1. The Hall–Kier alpha value is -0.210. The lowest BCUT2D eigenvalue weighted by Crippen LogP contribution is -1.99. The van der Waals surface area contributed by atoms with Crippen LogP contribution in [0.25, 0.3) is 0 Å². The van der Waals surface area contributed by atoms with E-state index in [1.165, 1.54) is 12.8 Å². The van der Waals surface area contributed by atoms with Crippen LogP contribution in [0.4, 0.5) is 0 Å². The highest BCUT2D eigenvalue weighted by molar-refractivity contribution is 9.10. The molecule has 0 unspecified atom stereocenters. The minimum Gasteiger partial charge on any atom is -0.492 e. The Labute approximate surface area is 91.2 Å². The highest BCUT2D eigenvalue weighted by atomic mass is 79.9. The lowest BCUT2D eigenvalue weighted by Gasteiger charge is -2.06. The molecular weight excluding hydrogens is 251 g/mol. The molecule has 1 saturated carbocycles. The summed E-state index contributed by atoms with van der Waals surface area (Å²) in [5.41, 5.74) is 0. The minimum atomic E-state index is 0.676. The molecule has 1 aromatic carbocycles. The van der Waals surface area contributed by atoms with Gasteiger partial charge in [-0.1, -0.05) is 27.5 Å². The second-order valence-electron chi connectivity index (χ2n) is 3.33. The van der Waals surface area contributed by atoms with E-state index in [9.17, 15) is 0 Å². The lowest BCUT2D eigenvalue weighted by atomic mass is 10.3. The Morgan fingerprint density at radius 3 is 2.85 bits per heavy atom. The highest BCUT2D eigenvalue weighted by Gasteiger charge is 2.22. The maximum Gasteiger partial charge on any atom is 0.137 e. The molecule has 0 amide bonds. The molecule has 0 spiro atoms. The number of benzene rings is 1. The molecule has 13 heavy (non-hydrogen) atoms. The van der Waals surface area contributed by atoms with Crippen molar-refractivity contribution >= 4 is 27.5 Å². The summed E-state index contributed by atoms with van der Waals surface area (Å²) in [5.74, 6) is 1.55. The highest BCUT2D eigenvalue weighted by Crippen LogP contribution is 2.32. The molecule has 1 aliphatic carbocycles. The van der Waals surface area contributed by atoms with Gasteiger partial charge in [-0.2, -0.15) is 0 Å². The molecule has 0 aliphatic heterocycles. The van der Waals surface area contributed by atoms with Crippen LogP contribution in [0.5, 0.6) is 5.75 Å². The number of ether oxygens (including phenoxy) is 1. The van der Waals surface area contributed by atoms with Crippen LogP contribution in [-0.2, 0) is 0 Å². The van der Waals surface area contributed by atoms with Gasteiger partial charge in [0.05, 0.1) is 11.6 Å². The normalized spacial score (nSPS) is 15.8. The van der Waals surface area contributed by atoms with Crippen molar-refractivity contribution in [1.82, 2.24) is 0 Å². The van der Waals surface area contributed by atoms with Crippen LogP contribution in [0.1, 0.15) is 12.8 Å². The molecule has 70 valence electrons. The smallest absolute Gasteiger partial charge is 0.137 e. The molecule has 2 rings (SSSR count). The van der Waals surface area contributed by atoms with Gasteiger partial charge >= 0.3 is 0 Å². The molecule has 0 aromatic heterocycles. The first-order valence-electron chi connectivity index (χ1n) is 4.33. The van der Waals surface area contributed by atoms with Gasteiger partial charge in [-0.25, -0.2) is 0 Å². The largest absolute Gasteiger partial charge is 0.492 e. The van der Waals surface area contributed by atoms with Crippen LogP contribution in [0, 0.1) is 5.92 Å². The van der Waals surface area contributed by atoms with Crippen LogP contribution in [0.3, 0.4) is 0 Å². The third-order valence-electron chi connectivity index (χ3n) is 2.07. The van der Waals surface area contributed by atoms with Crippen LogP contribution in [-0.4, -0.2) is 6.61 Å². The van der Waals surface area contributed by atoms with Gasteiger partial charge in [-0.3, -0.25) is 0 Å². The molecule has 1 aromatic rings. The van der Waals surface area contributed by atoms with Crippen molar-refractivity contribution in [1.29, 1.82) is 0 Å². The summed E-state index contributed by atoms with van der Waals surface area (Å²) in [4.78, 5) is 0. The Bertz CT molecular complexity index is 310. The fourth-order valence-electron chi connectivity index (χ4n) is 1.08. The van der Waals surface area contributed by atoms with Crippen molar-refractivity contribution in [3.63, 3.8) is 0 Å². The van der Waals surface area contributed by atoms with Crippen LogP contribution in [0.2, 0.25) is 5.02 Å². The number of halogens is 2. The molecule has 1 fully saturated rings. The number of rotatable bonds is 3. The van der Waals surface area contributed by atoms with E-state index in [4.69, 9.17) is 16.3 Å². The van der Waals surface area contributed by atoms with E-state index in [-0.39, 0.29) is 0 Å². The SMILES string of the molecule is Clc1cc(Br)ccc1OCC1CC1. The quantitative estimate of drug-likeness (QED) is 0.802. The van der Waals surface area contributed by atoms with E-state index in [0.717, 1.165) is 22.7 Å². The standard InChI is InChI=1S/C10H10BrClO/c11-8-3-4-10(9(12)5-8)13-6-7-1-2-7/h3-5,7H,1-2,6H2. The van der Waals surface area contributed by atoms with Gasteiger partial charge in [0.2, 0.25) is 0 Å². The molecule has 3 heteroatoms. The zero-order chi connectivity index (χ0) is 9.26. The summed E-state index contributed by atoms with van der Waals surface area (Å²) in [5, 5.41) is 0.676. The maximum atomic E-state index is 5.98. The molecule has 1 aliphatic rings. The van der Waals surface area contributed by atoms with E-state index < -0.39 is 0 Å². The second-order valence-corrected chi connectivity index (χ2v) is 4.65. The zero-order valence-electron chi connectivity index (χ0n) is 7.09. The van der Waals surface area contributed by atoms with Gasteiger partial charge in [0, 0.05) is 4.47 Å². The van der Waals surface area contributed by atoms with Gasteiger partial charge in [0.25, 0.3) is 0 Å². The maximum absolute atomic E-state index is 5.98. The van der Waals surface area contributed by atoms with Gasteiger partial charge in [0.1, 0.15) is 5.75 Å². The molecule has 0 bridgehead atoms. The third kappa shape index (κ3) is 2.61. The third-order valence-corrected chi connectivity index (χ3v) is 2.85. The van der Waals surface area contributed by atoms with Crippen LogP contribution >= 0.6 is 27.5 Å². The fourth-order valence-corrected chi connectivity index (χ4v) is 1.81. The monoisotopic (exact) mass is 260 g/mol. The fraction of sp³-hybridized carbons (Fsp3) is 0.400. The second kappa shape index (κ2) is 3.89. The molecule has 0 atom stereocenters. The van der Waals surface area contributed by atoms with Crippen LogP contribution < -0.4 is 4.74 Å². The van der Waals surface area contributed by atoms with Gasteiger partial charge in [-0.15, -0.1) is 0 Å². The van der Waals surface area contributed by atoms with Gasteiger partial charge < -0.3 is 4.74 Å². The van der Waals surface area contributed by atoms with Crippen molar-refractivity contribution in [2.24, 2.45) is 5.92 Å². The topological polar surface area (TPSA) is 9.23 Å². The first-order valence-corrected chi connectivity index (χ1v) is 5.50. The predicted octanol–water partition coefficient (Wildman–Crippen LogP) is 3.89. The van der Waals surface area contributed by atoms with Crippen molar-refractivity contribution in [2.45, 2.75) is 12.8 Å². The Balaban J connectivity index is 2.01. The molecule has 0 heterocycles. The van der Waals surface area contributed by atoms with Crippen molar-refractivity contribution in [3.8, 4) is 5.75 Å². The van der Waals surface area contributed by atoms with Gasteiger partial charge in [-0.05, 0) is 37.0 Å². The predicted molar refractivity (Wildman–Crippen MR) is 57.4 cm³/mol. The number of hydrogen-bond donors (Lipinski definition) is 0. The van der Waals surface area contributed by atoms with E-state index in [1.807, 2.05) is 18.2 Å². The summed E-state index contributed by atoms with van der Waals surface area (Å²) in [6, 6.07) is 5.69. The van der Waals surface area contributed by atoms with E-state index in [1.54, 1.807) is 0 Å². The Kier molecular flexibility index (Phi) is 2.80. The molecule has 0 N–H and O–H groups in total. The van der Waals surface area contributed by atoms with Crippen molar-refractivity contribution in [2.75, 3.05) is 6.61 Å². The summed E-state index contributed by atoms with van der Waals surface area (Å²) in [6.45, 7) is 0.807. The van der Waals surface area contributed by atoms with Crippen molar-refractivity contribution < 1.29 is 4.74 Å². The van der Waals surface area contributed by atoms with Crippen LogP contribution in [0.15, 0.2) is 22.7 Å². The van der Waals surface area contributed by atoms with Crippen molar-refractivity contribution in [3.05, 3.63) is 27.7 Å². The summed E-state index contributed by atoms with van der Waals surface area (Å²) < 4.78 is 6.55.